The number of aliphatic hydroxyl groups excluding tert-OH is 1. The van der Waals surface area contributed by atoms with Crippen LogP contribution in [0.2, 0.25) is 0 Å². The van der Waals surface area contributed by atoms with Gasteiger partial charge in [0.1, 0.15) is 5.75 Å². The van der Waals surface area contributed by atoms with Crippen LogP contribution >= 0.6 is 11.3 Å². The van der Waals surface area contributed by atoms with Crippen LogP contribution in [0.4, 0.5) is 10.8 Å². The average Bonchev–Trinajstić information content (AvgIpc) is 3.58. The molecular weight excluding hydrogens is 466 g/mol. The van der Waals surface area contributed by atoms with Crippen LogP contribution in [0.25, 0.3) is 10.2 Å². The number of rotatable bonds is 7. The number of furan rings is 1. The Morgan fingerprint density at radius 3 is 2.63 bits per heavy atom. The Morgan fingerprint density at radius 2 is 1.97 bits per heavy atom. The fourth-order valence-corrected chi connectivity index (χ4v) is 5.12. The SMILES string of the molecule is CCOc1ccc2nc(N3C(=O)C(O)=C(C(=O)c4ccco4)C3c3ccc(N(C)C)cc3)sc2c1. The summed E-state index contributed by atoms with van der Waals surface area (Å²) < 4.78 is 11.7. The molecule has 0 spiro atoms. The van der Waals surface area contributed by atoms with Crippen LogP contribution in [0.5, 0.6) is 5.75 Å². The van der Waals surface area contributed by atoms with Gasteiger partial charge in [-0.2, -0.15) is 0 Å². The molecule has 9 heteroatoms. The van der Waals surface area contributed by atoms with E-state index in [-0.39, 0.29) is 11.3 Å². The molecule has 1 amide bonds. The summed E-state index contributed by atoms with van der Waals surface area (Å²) in [6.07, 6.45) is 1.38. The molecule has 0 bridgehead atoms. The standard InChI is InChI=1S/C26H23N3O5S/c1-4-33-17-11-12-18-20(14-17)35-26(27-18)29-22(15-7-9-16(10-8-15)28(2)3)21(24(31)25(29)32)23(30)19-6-5-13-34-19/h5-14,22,31H,4H2,1-3H3. The Labute approximate surface area is 205 Å². The lowest BCUT2D eigenvalue weighted by atomic mass is 9.95. The molecule has 8 nitrogen and oxygen atoms in total. The van der Waals surface area contributed by atoms with Gasteiger partial charge < -0.3 is 19.2 Å². The van der Waals surface area contributed by atoms with E-state index in [2.05, 4.69) is 4.98 Å². The zero-order valence-electron chi connectivity index (χ0n) is 19.4. The number of carbonyl (C=O) groups is 2. The van der Waals surface area contributed by atoms with Crippen LogP contribution in [0.15, 0.2) is 76.6 Å². The van der Waals surface area contributed by atoms with Crippen LogP contribution in [0.3, 0.4) is 0 Å². The molecule has 0 saturated carbocycles. The summed E-state index contributed by atoms with van der Waals surface area (Å²) in [5.41, 5.74) is 2.27. The first kappa shape index (κ1) is 22.7. The number of hydrogen-bond donors (Lipinski definition) is 1. The maximum atomic E-state index is 13.4. The minimum Gasteiger partial charge on any atom is -0.503 e. The molecule has 1 aliphatic rings. The molecule has 0 fully saturated rings. The van der Waals surface area contributed by atoms with Crippen molar-refractivity contribution in [1.29, 1.82) is 0 Å². The van der Waals surface area contributed by atoms with E-state index >= 15 is 0 Å². The highest BCUT2D eigenvalue weighted by atomic mass is 32.1. The van der Waals surface area contributed by atoms with Crippen LogP contribution in [0, 0.1) is 0 Å². The molecule has 1 N–H and O–H groups in total. The number of carbonyl (C=O) groups excluding carboxylic acids is 2. The lowest BCUT2D eigenvalue weighted by Crippen LogP contribution is -2.31. The van der Waals surface area contributed by atoms with Gasteiger partial charge in [-0.3, -0.25) is 14.5 Å². The number of ether oxygens (including phenoxy) is 1. The summed E-state index contributed by atoms with van der Waals surface area (Å²) in [5, 5.41) is 11.3. The number of hydrogen-bond acceptors (Lipinski definition) is 8. The van der Waals surface area contributed by atoms with E-state index in [1.165, 1.54) is 28.6 Å². The van der Waals surface area contributed by atoms with Gasteiger partial charge in [0, 0.05) is 19.8 Å². The van der Waals surface area contributed by atoms with E-state index in [0.717, 1.165) is 10.4 Å². The van der Waals surface area contributed by atoms with Crippen molar-refractivity contribution in [3.63, 3.8) is 0 Å². The summed E-state index contributed by atoms with van der Waals surface area (Å²) in [6, 6.07) is 15.2. The molecule has 3 heterocycles. The molecule has 178 valence electrons. The first-order chi connectivity index (χ1) is 16.9. The number of ketones is 1. The number of benzene rings is 2. The van der Waals surface area contributed by atoms with Gasteiger partial charge in [-0.1, -0.05) is 23.5 Å². The Bertz CT molecular complexity index is 1440. The molecule has 2 aromatic carbocycles. The summed E-state index contributed by atoms with van der Waals surface area (Å²) in [6.45, 7) is 2.44. The van der Waals surface area contributed by atoms with E-state index in [1.54, 1.807) is 6.07 Å². The molecule has 5 rings (SSSR count). The second-order valence-electron chi connectivity index (χ2n) is 8.19. The monoisotopic (exact) mass is 489 g/mol. The second-order valence-corrected chi connectivity index (χ2v) is 9.20. The largest absolute Gasteiger partial charge is 0.503 e. The molecule has 1 aliphatic heterocycles. The first-order valence-corrected chi connectivity index (χ1v) is 11.9. The normalized spacial score (nSPS) is 15.8. The van der Waals surface area contributed by atoms with Gasteiger partial charge in [-0.05, 0) is 55.0 Å². The molecule has 0 saturated heterocycles. The van der Waals surface area contributed by atoms with Gasteiger partial charge in [-0.15, -0.1) is 0 Å². The molecule has 0 aliphatic carbocycles. The molecule has 35 heavy (non-hydrogen) atoms. The first-order valence-electron chi connectivity index (χ1n) is 11.0. The maximum Gasteiger partial charge on any atom is 0.296 e. The third-order valence-corrected chi connectivity index (χ3v) is 6.81. The summed E-state index contributed by atoms with van der Waals surface area (Å²) in [5.74, 6) is -1.10. The van der Waals surface area contributed by atoms with Crippen molar-refractivity contribution in [3.05, 3.63) is 83.5 Å². The lowest BCUT2D eigenvalue weighted by molar-refractivity contribution is -0.117. The smallest absolute Gasteiger partial charge is 0.296 e. The van der Waals surface area contributed by atoms with Gasteiger partial charge in [0.05, 0.1) is 34.7 Å². The van der Waals surface area contributed by atoms with Crippen molar-refractivity contribution >= 4 is 44.1 Å². The van der Waals surface area contributed by atoms with Gasteiger partial charge in [-0.25, -0.2) is 4.98 Å². The number of fused-ring (bicyclic) bond motifs is 1. The van der Waals surface area contributed by atoms with Crippen LogP contribution in [-0.2, 0) is 4.79 Å². The highest BCUT2D eigenvalue weighted by Crippen LogP contribution is 2.44. The highest BCUT2D eigenvalue weighted by Gasteiger charge is 2.46. The van der Waals surface area contributed by atoms with Crippen molar-refractivity contribution in [1.82, 2.24) is 4.98 Å². The molecule has 1 unspecified atom stereocenters. The Balaban J connectivity index is 1.64. The zero-order chi connectivity index (χ0) is 24.7. The number of aliphatic hydroxyl groups is 1. The van der Waals surface area contributed by atoms with Crippen LogP contribution in [-0.4, -0.2) is 42.5 Å². The molecule has 4 aromatic rings. The fourth-order valence-electron chi connectivity index (χ4n) is 4.10. The van der Waals surface area contributed by atoms with Gasteiger partial charge in [0.2, 0.25) is 5.78 Å². The average molecular weight is 490 g/mol. The molecule has 1 atom stereocenters. The third-order valence-electron chi connectivity index (χ3n) is 5.79. The maximum absolute atomic E-state index is 13.4. The van der Waals surface area contributed by atoms with E-state index in [4.69, 9.17) is 9.15 Å². The molecule has 2 aromatic heterocycles. The van der Waals surface area contributed by atoms with Crippen molar-refractivity contribution in [2.75, 3.05) is 30.5 Å². The zero-order valence-corrected chi connectivity index (χ0v) is 20.2. The van der Waals surface area contributed by atoms with E-state index in [0.29, 0.717) is 28.6 Å². The lowest BCUT2D eigenvalue weighted by Gasteiger charge is -2.25. The van der Waals surface area contributed by atoms with Crippen LogP contribution in [0.1, 0.15) is 29.1 Å². The number of nitrogens with zero attached hydrogens (tertiary/aromatic N) is 3. The summed E-state index contributed by atoms with van der Waals surface area (Å²) in [4.78, 5) is 34.7. The van der Waals surface area contributed by atoms with E-state index in [9.17, 15) is 14.7 Å². The number of amides is 1. The quantitative estimate of drug-likeness (QED) is 0.359. The van der Waals surface area contributed by atoms with Crippen molar-refractivity contribution in [2.45, 2.75) is 13.0 Å². The van der Waals surface area contributed by atoms with Gasteiger partial charge in [0.15, 0.2) is 16.7 Å². The van der Waals surface area contributed by atoms with Gasteiger partial charge >= 0.3 is 0 Å². The fraction of sp³-hybridized carbons (Fsp3) is 0.192. The van der Waals surface area contributed by atoms with Crippen LogP contribution < -0.4 is 14.5 Å². The topological polar surface area (TPSA) is 96.1 Å². The highest BCUT2D eigenvalue weighted by molar-refractivity contribution is 7.22. The van der Waals surface area contributed by atoms with Crippen molar-refractivity contribution < 1.29 is 23.8 Å². The Morgan fingerprint density at radius 1 is 1.20 bits per heavy atom. The van der Waals surface area contributed by atoms with Crippen molar-refractivity contribution in [2.24, 2.45) is 0 Å². The number of anilines is 2. The predicted molar refractivity (Wildman–Crippen MR) is 134 cm³/mol. The number of aromatic nitrogens is 1. The van der Waals surface area contributed by atoms with E-state index < -0.39 is 23.5 Å². The third kappa shape index (κ3) is 3.93. The number of thiazole rings is 1. The molecule has 0 radical (unpaired) electrons. The van der Waals surface area contributed by atoms with Crippen molar-refractivity contribution in [3.8, 4) is 5.75 Å². The Kier molecular flexibility index (Phi) is 5.78. The second kappa shape index (κ2) is 8.92. The van der Waals surface area contributed by atoms with Gasteiger partial charge in [0.25, 0.3) is 5.91 Å². The Hall–Kier alpha value is -4.11. The number of Topliss-reactive ketones (excluding diaryl/α,β-unsaturated/α-hetero) is 1. The minimum absolute atomic E-state index is 0.0433. The minimum atomic E-state index is -0.872. The predicted octanol–water partition coefficient (Wildman–Crippen LogP) is 5.14. The van der Waals surface area contributed by atoms with E-state index in [1.807, 2.05) is 68.4 Å². The molecular formula is C26H23N3O5S. The summed E-state index contributed by atoms with van der Waals surface area (Å²) in [7, 11) is 3.85. The summed E-state index contributed by atoms with van der Waals surface area (Å²) >= 11 is 1.29.